The number of nitrogens with zero attached hydrogens (tertiary/aromatic N) is 1. The second-order valence-electron chi connectivity index (χ2n) is 3.94. The molecule has 2 aromatic rings. The molecule has 0 aliphatic heterocycles. The van der Waals surface area contributed by atoms with Gasteiger partial charge >= 0.3 is 0 Å². The standard InChI is InChI=1S/C14H12N2O4/c17-11-7-6-10(12(18)13(11)19)8-15-16-14(20)9-4-2-1-3-5-9/h1-8,17-19H,(H,16,20). The SMILES string of the molecule is O=C(NN=Cc1ccc(O)c(O)c1O)c1ccccc1. The smallest absolute Gasteiger partial charge is 0.271 e. The fourth-order valence-electron chi connectivity index (χ4n) is 1.50. The highest BCUT2D eigenvalue weighted by molar-refractivity contribution is 5.95. The zero-order chi connectivity index (χ0) is 14.5. The molecule has 2 rings (SSSR count). The van der Waals surface area contributed by atoms with Gasteiger partial charge < -0.3 is 15.3 Å². The predicted octanol–water partition coefficient (Wildman–Crippen LogP) is 1.57. The number of amides is 1. The lowest BCUT2D eigenvalue weighted by Crippen LogP contribution is -2.17. The van der Waals surface area contributed by atoms with Crippen molar-refractivity contribution in [3.8, 4) is 17.2 Å². The molecule has 0 saturated carbocycles. The molecular formula is C14H12N2O4. The maximum absolute atomic E-state index is 11.7. The molecule has 0 atom stereocenters. The Morgan fingerprint density at radius 1 is 1.00 bits per heavy atom. The zero-order valence-corrected chi connectivity index (χ0v) is 10.3. The number of hydrazone groups is 1. The first kappa shape index (κ1) is 13.4. The Labute approximate surface area is 114 Å². The Bertz CT molecular complexity index is 654. The van der Waals surface area contributed by atoms with Gasteiger partial charge in [0.2, 0.25) is 5.75 Å². The number of phenols is 3. The molecule has 20 heavy (non-hydrogen) atoms. The number of phenolic OH excluding ortho intramolecular Hbond substituents is 3. The van der Waals surface area contributed by atoms with Crippen LogP contribution < -0.4 is 5.43 Å². The number of hydrogen-bond donors (Lipinski definition) is 4. The van der Waals surface area contributed by atoms with E-state index in [0.29, 0.717) is 5.56 Å². The highest BCUT2D eigenvalue weighted by Crippen LogP contribution is 2.36. The molecule has 0 spiro atoms. The molecule has 0 fully saturated rings. The van der Waals surface area contributed by atoms with Crippen LogP contribution in [0, 0.1) is 0 Å². The summed E-state index contributed by atoms with van der Waals surface area (Å²) in [6.45, 7) is 0. The average molecular weight is 272 g/mol. The molecule has 6 heteroatoms. The molecule has 1 amide bonds. The van der Waals surface area contributed by atoms with Gasteiger partial charge in [-0.05, 0) is 24.3 Å². The molecule has 0 aliphatic rings. The second-order valence-corrected chi connectivity index (χ2v) is 3.94. The second kappa shape index (κ2) is 5.75. The van der Waals surface area contributed by atoms with E-state index in [1.54, 1.807) is 30.3 Å². The van der Waals surface area contributed by atoms with Crippen molar-refractivity contribution >= 4 is 12.1 Å². The van der Waals surface area contributed by atoms with Crippen LogP contribution in [0.25, 0.3) is 0 Å². The van der Waals surface area contributed by atoms with Crippen LogP contribution in [0.5, 0.6) is 17.2 Å². The maximum atomic E-state index is 11.7. The van der Waals surface area contributed by atoms with Crippen LogP contribution in [-0.2, 0) is 0 Å². The van der Waals surface area contributed by atoms with E-state index in [-0.39, 0.29) is 5.56 Å². The number of benzene rings is 2. The minimum Gasteiger partial charge on any atom is -0.504 e. The summed E-state index contributed by atoms with van der Waals surface area (Å²) in [6, 6.07) is 11.1. The molecule has 0 aliphatic carbocycles. The fourth-order valence-corrected chi connectivity index (χ4v) is 1.50. The van der Waals surface area contributed by atoms with Crippen molar-refractivity contribution in [1.29, 1.82) is 0 Å². The van der Waals surface area contributed by atoms with E-state index < -0.39 is 23.2 Å². The van der Waals surface area contributed by atoms with Gasteiger partial charge in [0.25, 0.3) is 5.91 Å². The number of hydrogen-bond acceptors (Lipinski definition) is 5. The molecule has 0 radical (unpaired) electrons. The van der Waals surface area contributed by atoms with Crippen LogP contribution in [0.4, 0.5) is 0 Å². The van der Waals surface area contributed by atoms with Crippen molar-refractivity contribution in [2.24, 2.45) is 5.10 Å². The molecule has 6 nitrogen and oxygen atoms in total. The van der Waals surface area contributed by atoms with Crippen molar-refractivity contribution in [2.75, 3.05) is 0 Å². The minimum atomic E-state index is -0.636. The summed E-state index contributed by atoms with van der Waals surface area (Å²) >= 11 is 0. The number of carbonyl (C=O) groups is 1. The van der Waals surface area contributed by atoms with E-state index in [9.17, 15) is 15.0 Å². The number of aromatic hydroxyl groups is 3. The van der Waals surface area contributed by atoms with E-state index in [1.807, 2.05) is 0 Å². The van der Waals surface area contributed by atoms with Crippen LogP contribution >= 0.6 is 0 Å². The Morgan fingerprint density at radius 3 is 2.40 bits per heavy atom. The molecule has 0 heterocycles. The molecule has 0 saturated heterocycles. The van der Waals surface area contributed by atoms with Crippen LogP contribution in [0.1, 0.15) is 15.9 Å². The van der Waals surface area contributed by atoms with Gasteiger partial charge in [-0.1, -0.05) is 18.2 Å². The lowest BCUT2D eigenvalue weighted by Gasteiger charge is -2.03. The summed E-state index contributed by atoms with van der Waals surface area (Å²) in [7, 11) is 0. The molecule has 0 unspecified atom stereocenters. The number of rotatable bonds is 3. The normalized spacial score (nSPS) is 10.6. The first-order chi connectivity index (χ1) is 9.59. The van der Waals surface area contributed by atoms with Gasteiger partial charge in [0.05, 0.1) is 6.21 Å². The lowest BCUT2D eigenvalue weighted by atomic mass is 10.2. The van der Waals surface area contributed by atoms with E-state index in [0.717, 1.165) is 6.21 Å². The van der Waals surface area contributed by atoms with Crippen LogP contribution in [0.3, 0.4) is 0 Å². The summed E-state index contributed by atoms with van der Waals surface area (Å²) in [4.78, 5) is 11.7. The fraction of sp³-hybridized carbons (Fsp3) is 0. The van der Waals surface area contributed by atoms with E-state index in [1.165, 1.54) is 12.1 Å². The highest BCUT2D eigenvalue weighted by atomic mass is 16.3. The van der Waals surface area contributed by atoms with E-state index in [2.05, 4.69) is 10.5 Å². The lowest BCUT2D eigenvalue weighted by molar-refractivity contribution is 0.0955. The predicted molar refractivity (Wildman–Crippen MR) is 72.9 cm³/mol. The summed E-state index contributed by atoms with van der Waals surface area (Å²) in [5.41, 5.74) is 2.89. The quantitative estimate of drug-likeness (QED) is 0.387. The summed E-state index contributed by atoms with van der Waals surface area (Å²) in [6.07, 6.45) is 1.16. The summed E-state index contributed by atoms with van der Waals surface area (Å²) < 4.78 is 0. The van der Waals surface area contributed by atoms with Crippen molar-refractivity contribution in [3.63, 3.8) is 0 Å². The molecule has 0 bridgehead atoms. The Balaban J connectivity index is 2.08. The molecular weight excluding hydrogens is 260 g/mol. The van der Waals surface area contributed by atoms with Gasteiger partial charge in [-0.15, -0.1) is 0 Å². The van der Waals surface area contributed by atoms with Gasteiger partial charge in [-0.25, -0.2) is 5.43 Å². The summed E-state index contributed by atoms with van der Waals surface area (Å²) in [5, 5.41) is 31.7. The van der Waals surface area contributed by atoms with Crippen molar-refractivity contribution < 1.29 is 20.1 Å². The summed E-state index contributed by atoms with van der Waals surface area (Å²) in [5.74, 6) is -1.98. The number of carbonyl (C=O) groups excluding carboxylic acids is 1. The Morgan fingerprint density at radius 2 is 1.70 bits per heavy atom. The van der Waals surface area contributed by atoms with Gasteiger partial charge in [0.1, 0.15) is 0 Å². The Kier molecular flexibility index (Phi) is 3.85. The minimum absolute atomic E-state index is 0.161. The Hall–Kier alpha value is -3.02. The van der Waals surface area contributed by atoms with E-state index in [4.69, 9.17) is 5.11 Å². The maximum Gasteiger partial charge on any atom is 0.271 e. The third-order valence-electron chi connectivity index (χ3n) is 2.57. The van der Waals surface area contributed by atoms with Crippen LogP contribution in [-0.4, -0.2) is 27.4 Å². The molecule has 0 aromatic heterocycles. The van der Waals surface area contributed by atoms with Crippen molar-refractivity contribution in [3.05, 3.63) is 53.6 Å². The van der Waals surface area contributed by atoms with Crippen LogP contribution in [0.15, 0.2) is 47.6 Å². The van der Waals surface area contributed by atoms with Crippen molar-refractivity contribution in [1.82, 2.24) is 5.43 Å². The zero-order valence-electron chi connectivity index (χ0n) is 10.3. The van der Waals surface area contributed by atoms with Gasteiger partial charge in [-0.3, -0.25) is 4.79 Å². The largest absolute Gasteiger partial charge is 0.504 e. The number of nitrogens with one attached hydrogen (secondary N) is 1. The van der Waals surface area contributed by atoms with Gasteiger partial charge in [0, 0.05) is 11.1 Å². The molecule has 4 N–H and O–H groups in total. The van der Waals surface area contributed by atoms with Crippen LogP contribution in [0.2, 0.25) is 0 Å². The monoisotopic (exact) mass is 272 g/mol. The van der Waals surface area contributed by atoms with Gasteiger partial charge in [-0.2, -0.15) is 5.10 Å². The van der Waals surface area contributed by atoms with Gasteiger partial charge in [0.15, 0.2) is 11.5 Å². The molecule has 2 aromatic carbocycles. The average Bonchev–Trinajstić information content (AvgIpc) is 2.48. The topological polar surface area (TPSA) is 102 Å². The third-order valence-corrected chi connectivity index (χ3v) is 2.57. The first-order valence-corrected chi connectivity index (χ1v) is 5.72. The third kappa shape index (κ3) is 2.86. The van der Waals surface area contributed by atoms with Crippen molar-refractivity contribution in [2.45, 2.75) is 0 Å². The molecule has 102 valence electrons. The first-order valence-electron chi connectivity index (χ1n) is 5.72. The highest BCUT2D eigenvalue weighted by Gasteiger charge is 2.09. The van der Waals surface area contributed by atoms with E-state index >= 15 is 0 Å².